The lowest BCUT2D eigenvalue weighted by molar-refractivity contribution is 0.206. The maximum absolute atomic E-state index is 4.80. The third kappa shape index (κ3) is 5.19. The number of nitrogens with one attached hydrogen (secondary N) is 2. The van der Waals surface area contributed by atoms with Gasteiger partial charge >= 0.3 is 0 Å². The second-order valence-corrected chi connectivity index (χ2v) is 7.45. The largest absolute Gasteiger partial charge is 0.357 e. The van der Waals surface area contributed by atoms with Gasteiger partial charge in [-0.3, -0.25) is 0 Å². The van der Waals surface area contributed by atoms with Crippen LogP contribution in [-0.2, 0) is 19.5 Å². The fraction of sp³-hybridized carbons (Fsp3) is 0.842. The summed E-state index contributed by atoms with van der Waals surface area (Å²) in [5.41, 5.74) is 0. The number of nitrogens with zero attached hydrogens (tertiary/aromatic N) is 5. The van der Waals surface area contributed by atoms with Crippen LogP contribution in [0.3, 0.4) is 0 Å². The Morgan fingerprint density at radius 3 is 2.73 bits per heavy atom. The number of hydrogen-bond donors (Lipinski definition) is 2. The minimum absolute atomic E-state index is 0.511. The number of aliphatic imine (C=N–C) groups is 1. The van der Waals surface area contributed by atoms with Gasteiger partial charge in [-0.2, -0.15) is 0 Å². The summed E-state index contributed by atoms with van der Waals surface area (Å²) in [4.78, 5) is 7.36. The Balaban J connectivity index is 1.57. The lowest BCUT2D eigenvalue weighted by Crippen LogP contribution is -2.48. The molecule has 7 nitrogen and oxygen atoms in total. The number of fused-ring (bicyclic) bond motifs is 1. The van der Waals surface area contributed by atoms with Crippen LogP contribution >= 0.6 is 0 Å². The van der Waals surface area contributed by atoms with E-state index in [0.29, 0.717) is 12.6 Å². The number of piperidine rings is 1. The van der Waals surface area contributed by atoms with E-state index in [-0.39, 0.29) is 0 Å². The van der Waals surface area contributed by atoms with E-state index in [1.165, 1.54) is 58.2 Å². The van der Waals surface area contributed by atoms with Gasteiger partial charge < -0.3 is 20.1 Å². The summed E-state index contributed by atoms with van der Waals surface area (Å²) in [5.74, 6) is 3.04. The van der Waals surface area contributed by atoms with Gasteiger partial charge in [0, 0.05) is 38.6 Å². The highest BCUT2D eigenvalue weighted by molar-refractivity contribution is 5.80. The minimum atomic E-state index is 0.511. The lowest BCUT2D eigenvalue weighted by Gasteiger charge is -2.32. The third-order valence-corrected chi connectivity index (χ3v) is 5.38. The Hall–Kier alpha value is -1.63. The number of aryl methyl sites for hydroxylation is 1. The summed E-state index contributed by atoms with van der Waals surface area (Å²) in [6.07, 6.45) is 8.39. The van der Waals surface area contributed by atoms with E-state index in [9.17, 15) is 0 Å². The maximum atomic E-state index is 4.80. The van der Waals surface area contributed by atoms with Gasteiger partial charge in [-0.25, -0.2) is 4.99 Å². The van der Waals surface area contributed by atoms with Crippen LogP contribution in [-0.4, -0.2) is 57.8 Å². The normalized spacial score (nSPS) is 19.8. The molecule has 0 unspecified atom stereocenters. The zero-order valence-electron chi connectivity index (χ0n) is 16.5. The number of guanidine groups is 1. The predicted octanol–water partition coefficient (Wildman–Crippen LogP) is 1.93. The van der Waals surface area contributed by atoms with Crippen LogP contribution in [0.5, 0.6) is 0 Å². The average molecular weight is 362 g/mol. The van der Waals surface area contributed by atoms with E-state index >= 15 is 0 Å². The Kier molecular flexibility index (Phi) is 7.29. The summed E-state index contributed by atoms with van der Waals surface area (Å²) >= 11 is 0. The van der Waals surface area contributed by atoms with Gasteiger partial charge in [0.05, 0.1) is 0 Å². The molecule has 3 rings (SSSR count). The van der Waals surface area contributed by atoms with E-state index in [4.69, 9.17) is 4.99 Å². The number of aromatic nitrogens is 3. The zero-order valence-corrected chi connectivity index (χ0v) is 16.5. The van der Waals surface area contributed by atoms with Crippen LogP contribution in [0.1, 0.15) is 64.0 Å². The first-order valence-corrected chi connectivity index (χ1v) is 10.5. The van der Waals surface area contributed by atoms with Crippen molar-refractivity contribution >= 4 is 5.96 Å². The zero-order chi connectivity index (χ0) is 18.2. The van der Waals surface area contributed by atoms with Crippen molar-refractivity contribution in [2.24, 2.45) is 4.99 Å². The van der Waals surface area contributed by atoms with Crippen LogP contribution in [0.4, 0.5) is 0 Å². The van der Waals surface area contributed by atoms with E-state index < -0.39 is 0 Å². The number of rotatable bonds is 6. The molecule has 2 N–H and O–H groups in total. The second kappa shape index (κ2) is 9.90. The smallest absolute Gasteiger partial charge is 0.191 e. The SMILES string of the molecule is CCCN1CCC(NC(=NCc2nnc3n2CCCCC3)NCC)CC1. The lowest BCUT2D eigenvalue weighted by atomic mass is 10.1. The first-order valence-electron chi connectivity index (χ1n) is 10.5. The Labute approximate surface area is 157 Å². The van der Waals surface area contributed by atoms with Crippen LogP contribution in [0, 0.1) is 0 Å². The molecule has 0 atom stereocenters. The standard InChI is InChI=1S/C19H35N7/c1-3-11-25-13-9-16(10-14-25)22-19(20-4-2)21-15-18-24-23-17-8-6-5-7-12-26(17)18/h16H,3-15H2,1-2H3,(H2,20,21,22). The second-order valence-electron chi connectivity index (χ2n) is 7.45. The molecular weight excluding hydrogens is 326 g/mol. The molecule has 2 aliphatic rings. The molecule has 0 aromatic carbocycles. The summed E-state index contributed by atoms with van der Waals surface area (Å²) in [6, 6.07) is 0.511. The van der Waals surface area contributed by atoms with Crippen molar-refractivity contribution in [3.8, 4) is 0 Å². The molecule has 3 heterocycles. The number of hydrogen-bond acceptors (Lipinski definition) is 4. The molecule has 0 amide bonds. The molecule has 1 saturated heterocycles. The molecular formula is C19H35N7. The Morgan fingerprint density at radius 2 is 1.96 bits per heavy atom. The molecule has 1 aromatic rings. The molecule has 0 spiro atoms. The van der Waals surface area contributed by atoms with E-state index in [1.807, 2.05) is 0 Å². The molecule has 0 aliphatic carbocycles. The van der Waals surface area contributed by atoms with Crippen molar-refractivity contribution in [2.45, 2.75) is 77.9 Å². The van der Waals surface area contributed by atoms with Gasteiger partial charge in [0.15, 0.2) is 11.8 Å². The van der Waals surface area contributed by atoms with E-state index in [1.54, 1.807) is 0 Å². The van der Waals surface area contributed by atoms with Crippen molar-refractivity contribution < 1.29 is 0 Å². The van der Waals surface area contributed by atoms with Crippen LogP contribution in [0.15, 0.2) is 4.99 Å². The molecule has 2 aliphatic heterocycles. The molecule has 146 valence electrons. The van der Waals surface area contributed by atoms with Gasteiger partial charge in [-0.05, 0) is 45.6 Å². The fourth-order valence-electron chi connectivity index (χ4n) is 3.94. The Bertz CT molecular complexity index is 572. The highest BCUT2D eigenvalue weighted by Gasteiger charge is 2.19. The quantitative estimate of drug-likeness (QED) is 0.598. The molecule has 1 aromatic heterocycles. The first-order chi connectivity index (χ1) is 12.8. The summed E-state index contributed by atoms with van der Waals surface area (Å²) in [5, 5.41) is 15.8. The van der Waals surface area contributed by atoms with Gasteiger partial charge in [0.1, 0.15) is 12.4 Å². The average Bonchev–Trinajstić information content (AvgIpc) is 2.88. The molecule has 26 heavy (non-hydrogen) atoms. The topological polar surface area (TPSA) is 70.4 Å². The van der Waals surface area contributed by atoms with Crippen LogP contribution in [0.2, 0.25) is 0 Å². The van der Waals surface area contributed by atoms with E-state index in [2.05, 4.69) is 44.1 Å². The monoisotopic (exact) mass is 361 g/mol. The molecule has 1 fully saturated rings. The van der Waals surface area contributed by atoms with Gasteiger partial charge in [0.2, 0.25) is 0 Å². The van der Waals surface area contributed by atoms with Crippen molar-refractivity contribution in [2.75, 3.05) is 26.2 Å². The minimum Gasteiger partial charge on any atom is -0.357 e. The maximum Gasteiger partial charge on any atom is 0.191 e. The highest BCUT2D eigenvalue weighted by atomic mass is 15.3. The van der Waals surface area contributed by atoms with E-state index in [0.717, 1.165) is 37.1 Å². The van der Waals surface area contributed by atoms with Crippen LogP contribution in [0.25, 0.3) is 0 Å². The van der Waals surface area contributed by atoms with Crippen molar-refractivity contribution in [1.29, 1.82) is 0 Å². The van der Waals surface area contributed by atoms with Crippen molar-refractivity contribution in [1.82, 2.24) is 30.3 Å². The molecule has 0 bridgehead atoms. The third-order valence-electron chi connectivity index (χ3n) is 5.38. The van der Waals surface area contributed by atoms with Gasteiger partial charge in [-0.1, -0.05) is 13.3 Å². The Morgan fingerprint density at radius 1 is 1.12 bits per heavy atom. The summed E-state index contributed by atoms with van der Waals surface area (Å²) in [6.45, 7) is 10.5. The fourth-order valence-corrected chi connectivity index (χ4v) is 3.94. The molecule has 0 radical (unpaired) electrons. The van der Waals surface area contributed by atoms with Crippen molar-refractivity contribution in [3.05, 3.63) is 11.6 Å². The van der Waals surface area contributed by atoms with Crippen LogP contribution < -0.4 is 10.6 Å². The molecule has 7 heteroatoms. The predicted molar refractivity (Wildman–Crippen MR) is 105 cm³/mol. The first kappa shape index (κ1) is 19.1. The number of likely N-dealkylation sites (tertiary alicyclic amines) is 1. The summed E-state index contributed by atoms with van der Waals surface area (Å²) < 4.78 is 2.28. The molecule has 0 saturated carbocycles. The summed E-state index contributed by atoms with van der Waals surface area (Å²) in [7, 11) is 0. The van der Waals surface area contributed by atoms with Gasteiger partial charge in [-0.15, -0.1) is 10.2 Å². The van der Waals surface area contributed by atoms with Crippen molar-refractivity contribution in [3.63, 3.8) is 0 Å². The van der Waals surface area contributed by atoms with Gasteiger partial charge in [0.25, 0.3) is 0 Å². The highest BCUT2D eigenvalue weighted by Crippen LogP contribution is 2.15.